The van der Waals surface area contributed by atoms with E-state index in [1.54, 1.807) is 12.1 Å². The largest absolute Gasteiger partial charge is 0.418 e. The number of hydrogen-bond acceptors (Lipinski definition) is 6. The lowest BCUT2D eigenvalue weighted by molar-refractivity contribution is -0.137. The second-order valence-electron chi connectivity index (χ2n) is 10.8. The number of halogens is 4. The van der Waals surface area contributed by atoms with Crippen molar-refractivity contribution < 1.29 is 32.3 Å². The van der Waals surface area contributed by atoms with E-state index < -0.39 is 29.6 Å². The van der Waals surface area contributed by atoms with E-state index >= 15 is 0 Å². The lowest BCUT2D eigenvalue weighted by Gasteiger charge is -2.37. The molecule has 1 aliphatic carbocycles. The molecule has 0 spiro atoms. The Hall–Kier alpha value is -2.67. The van der Waals surface area contributed by atoms with E-state index in [0.717, 1.165) is 41.6 Å². The minimum absolute atomic E-state index is 0.00380. The molecule has 2 heterocycles. The summed E-state index contributed by atoms with van der Waals surface area (Å²) in [6.07, 6.45) is -1.57. The number of ether oxygens (including phenoxy) is 1. The quantitative estimate of drug-likeness (QED) is 0.360. The minimum Gasteiger partial charge on any atom is -0.370 e. The second-order valence-corrected chi connectivity index (χ2v) is 12.5. The number of nitrogens with one attached hydrogen (secondary N) is 2. The standard InChI is InChI=1S/C28H34ClF3N4O4S/c1-17(2)14-35(15-18-4-3-5-18)22(13-33-27(39)23-8-9-24(29)41-23)26(38)34-19-6-7-21(20(12-19)28(30,31)32)36-10-11-40-16-25(36)37/h6-9,12,17-18,22H,3-5,10-11,13-16H2,1-2H3,(H,33,39)(H,34,38)/t22-/m0/s1. The molecule has 2 aromatic rings. The Kier molecular flexibility index (Phi) is 10.3. The lowest BCUT2D eigenvalue weighted by atomic mass is 9.84. The third kappa shape index (κ3) is 8.21. The number of carbonyl (C=O) groups is 3. The van der Waals surface area contributed by atoms with Crippen molar-refractivity contribution in [2.45, 2.75) is 45.3 Å². The van der Waals surface area contributed by atoms with Crippen molar-refractivity contribution in [3.05, 3.63) is 45.1 Å². The van der Waals surface area contributed by atoms with Gasteiger partial charge in [-0.15, -0.1) is 11.3 Å². The zero-order valence-electron chi connectivity index (χ0n) is 22.9. The van der Waals surface area contributed by atoms with Gasteiger partial charge in [0.25, 0.3) is 11.8 Å². The first-order valence-corrected chi connectivity index (χ1v) is 14.8. The molecule has 2 N–H and O–H groups in total. The highest BCUT2D eigenvalue weighted by Crippen LogP contribution is 2.39. The fourth-order valence-electron chi connectivity index (χ4n) is 4.98. The number of anilines is 2. The van der Waals surface area contributed by atoms with Crippen molar-refractivity contribution in [3.63, 3.8) is 0 Å². The number of amides is 3. The van der Waals surface area contributed by atoms with Gasteiger partial charge in [0.2, 0.25) is 5.91 Å². The van der Waals surface area contributed by atoms with E-state index in [1.165, 1.54) is 12.1 Å². The second kappa shape index (κ2) is 13.5. The van der Waals surface area contributed by atoms with Crippen LogP contribution in [0, 0.1) is 11.8 Å². The lowest BCUT2D eigenvalue weighted by Crippen LogP contribution is -2.53. The van der Waals surface area contributed by atoms with Crippen LogP contribution in [0.25, 0.3) is 0 Å². The first-order chi connectivity index (χ1) is 19.4. The van der Waals surface area contributed by atoms with E-state index in [0.29, 0.717) is 28.2 Å². The van der Waals surface area contributed by atoms with Crippen LogP contribution in [0.3, 0.4) is 0 Å². The first kappa shape index (κ1) is 31.3. The van der Waals surface area contributed by atoms with Crippen LogP contribution in [-0.2, 0) is 20.5 Å². The SMILES string of the molecule is CC(C)CN(CC1CCC1)[C@@H](CNC(=O)c1ccc(Cl)s1)C(=O)Nc1ccc(N2CCOCC2=O)c(C(F)(F)F)c1. The number of hydrogen-bond donors (Lipinski definition) is 2. The Labute approximate surface area is 246 Å². The molecule has 2 fully saturated rings. The van der Waals surface area contributed by atoms with Gasteiger partial charge in [0.05, 0.1) is 27.1 Å². The molecule has 1 aromatic heterocycles. The number of morpholine rings is 1. The average molecular weight is 615 g/mol. The molecular formula is C28H34ClF3N4O4S. The van der Waals surface area contributed by atoms with Gasteiger partial charge in [-0.2, -0.15) is 13.2 Å². The summed E-state index contributed by atoms with van der Waals surface area (Å²) in [6.45, 7) is 5.05. The van der Waals surface area contributed by atoms with Crippen LogP contribution in [-0.4, -0.2) is 68.1 Å². The molecule has 1 aliphatic heterocycles. The van der Waals surface area contributed by atoms with Crippen LogP contribution < -0.4 is 15.5 Å². The summed E-state index contributed by atoms with van der Waals surface area (Å²) in [5.74, 6) is -0.858. The molecule has 3 amide bonds. The Morgan fingerprint density at radius 1 is 1.22 bits per heavy atom. The number of carbonyl (C=O) groups excluding carboxylic acids is 3. The normalized spacial score (nSPS) is 17.1. The number of thiophene rings is 1. The molecule has 1 atom stereocenters. The Morgan fingerprint density at radius 3 is 2.56 bits per heavy atom. The molecule has 1 aromatic carbocycles. The smallest absolute Gasteiger partial charge is 0.370 e. The van der Waals surface area contributed by atoms with Crippen LogP contribution in [0.5, 0.6) is 0 Å². The van der Waals surface area contributed by atoms with Gasteiger partial charge in [-0.1, -0.05) is 31.9 Å². The first-order valence-electron chi connectivity index (χ1n) is 13.6. The summed E-state index contributed by atoms with van der Waals surface area (Å²) >= 11 is 7.08. The van der Waals surface area contributed by atoms with Gasteiger partial charge < -0.3 is 20.3 Å². The number of alkyl halides is 3. The van der Waals surface area contributed by atoms with Crippen LogP contribution in [0.1, 0.15) is 48.3 Å². The molecule has 0 bridgehead atoms. The summed E-state index contributed by atoms with van der Waals surface area (Å²) in [5.41, 5.74) is -1.37. The van der Waals surface area contributed by atoms with Gasteiger partial charge in [0.15, 0.2) is 0 Å². The van der Waals surface area contributed by atoms with Crippen LogP contribution in [0.15, 0.2) is 30.3 Å². The highest BCUT2D eigenvalue weighted by molar-refractivity contribution is 7.18. The van der Waals surface area contributed by atoms with Gasteiger partial charge in [-0.3, -0.25) is 19.3 Å². The van der Waals surface area contributed by atoms with E-state index in [2.05, 4.69) is 10.6 Å². The molecule has 0 unspecified atom stereocenters. The predicted octanol–water partition coefficient (Wildman–Crippen LogP) is 5.28. The number of nitrogens with zero attached hydrogens (tertiary/aromatic N) is 2. The molecule has 41 heavy (non-hydrogen) atoms. The zero-order chi connectivity index (χ0) is 29.7. The topological polar surface area (TPSA) is 91.0 Å². The maximum atomic E-state index is 14.1. The van der Waals surface area contributed by atoms with Gasteiger partial charge in [0, 0.05) is 31.9 Å². The average Bonchev–Trinajstić information content (AvgIpc) is 3.32. The van der Waals surface area contributed by atoms with Gasteiger partial charge in [0.1, 0.15) is 12.6 Å². The molecule has 2 aliphatic rings. The Morgan fingerprint density at radius 2 is 1.98 bits per heavy atom. The van der Waals surface area contributed by atoms with Gasteiger partial charge in [-0.25, -0.2) is 0 Å². The van der Waals surface area contributed by atoms with Crippen molar-refractivity contribution >= 4 is 52.0 Å². The van der Waals surface area contributed by atoms with Crippen molar-refractivity contribution in [1.29, 1.82) is 0 Å². The molecule has 1 saturated heterocycles. The summed E-state index contributed by atoms with van der Waals surface area (Å²) in [7, 11) is 0. The van der Waals surface area contributed by atoms with Crippen molar-refractivity contribution in [3.8, 4) is 0 Å². The summed E-state index contributed by atoms with van der Waals surface area (Å²) < 4.78 is 47.8. The van der Waals surface area contributed by atoms with Gasteiger partial charge >= 0.3 is 6.18 Å². The highest BCUT2D eigenvalue weighted by Gasteiger charge is 2.38. The van der Waals surface area contributed by atoms with E-state index in [1.807, 2.05) is 18.7 Å². The predicted molar refractivity (Wildman–Crippen MR) is 152 cm³/mol. The molecule has 4 rings (SSSR count). The third-order valence-electron chi connectivity index (χ3n) is 7.16. The Bertz CT molecular complexity index is 1250. The summed E-state index contributed by atoms with van der Waals surface area (Å²) in [5, 5.41) is 5.46. The van der Waals surface area contributed by atoms with Crippen LogP contribution in [0.4, 0.5) is 24.5 Å². The van der Waals surface area contributed by atoms with E-state index in [-0.39, 0.29) is 49.5 Å². The third-order valence-corrected chi connectivity index (χ3v) is 8.39. The Balaban J connectivity index is 1.58. The minimum atomic E-state index is -4.77. The van der Waals surface area contributed by atoms with Crippen molar-refractivity contribution in [2.24, 2.45) is 11.8 Å². The van der Waals surface area contributed by atoms with E-state index in [4.69, 9.17) is 16.3 Å². The van der Waals surface area contributed by atoms with Crippen LogP contribution >= 0.6 is 22.9 Å². The maximum absolute atomic E-state index is 14.1. The fourth-order valence-corrected chi connectivity index (χ4v) is 5.94. The van der Waals surface area contributed by atoms with Crippen molar-refractivity contribution in [1.82, 2.24) is 10.2 Å². The van der Waals surface area contributed by atoms with Gasteiger partial charge in [-0.05, 0) is 55.0 Å². The highest BCUT2D eigenvalue weighted by atomic mass is 35.5. The molecule has 13 heteroatoms. The maximum Gasteiger partial charge on any atom is 0.418 e. The number of benzene rings is 1. The monoisotopic (exact) mass is 614 g/mol. The number of rotatable bonds is 11. The summed E-state index contributed by atoms with van der Waals surface area (Å²) in [6, 6.07) is 5.77. The zero-order valence-corrected chi connectivity index (χ0v) is 24.5. The molecule has 1 saturated carbocycles. The molecular weight excluding hydrogens is 581 g/mol. The molecule has 224 valence electrons. The van der Waals surface area contributed by atoms with E-state index in [9.17, 15) is 27.6 Å². The fraction of sp³-hybridized carbons (Fsp3) is 0.536. The van der Waals surface area contributed by atoms with Crippen molar-refractivity contribution in [2.75, 3.05) is 49.6 Å². The molecule has 8 nitrogen and oxygen atoms in total. The molecule has 0 radical (unpaired) electrons. The summed E-state index contributed by atoms with van der Waals surface area (Å²) in [4.78, 5) is 42.2. The van der Waals surface area contributed by atoms with Crippen LogP contribution in [0.2, 0.25) is 4.34 Å².